The maximum absolute atomic E-state index is 5.65. The fraction of sp³-hybridized carbons (Fsp3) is 0.308. The van der Waals surface area contributed by atoms with Gasteiger partial charge in [-0.05, 0) is 37.6 Å². The number of rotatable bonds is 3. The third-order valence-corrected chi connectivity index (χ3v) is 2.60. The van der Waals surface area contributed by atoms with Crippen LogP contribution in [0.4, 0.5) is 0 Å². The molecule has 1 unspecified atom stereocenters. The van der Waals surface area contributed by atoms with Crippen molar-refractivity contribution in [2.24, 2.45) is 5.73 Å². The third kappa shape index (κ3) is 2.14. The Morgan fingerprint density at radius 2 is 2.19 bits per heavy atom. The molecule has 0 spiro atoms. The van der Waals surface area contributed by atoms with E-state index in [9.17, 15) is 0 Å². The number of nitrogens with two attached hydrogens (primary N) is 1. The van der Waals surface area contributed by atoms with Crippen LogP contribution in [0.15, 0.2) is 30.5 Å². The molecular formula is C13H16N2O. The molecule has 2 rings (SSSR count). The molecule has 1 atom stereocenters. The Hall–Kier alpha value is -1.61. The number of hydrogen-bond donors (Lipinski definition) is 1. The van der Waals surface area contributed by atoms with Crippen LogP contribution < -0.4 is 10.5 Å². The van der Waals surface area contributed by atoms with Crippen molar-refractivity contribution in [3.8, 4) is 5.75 Å². The smallest absolute Gasteiger partial charge is 0.121 e. The van der Waals surface area contributed by atoms with Crippen molar-refractivity contribution in [3.63, 3.8) is 0 Å². The molecule has 3 heteroatoms. The number of ether oxygens (including phenoxy) is 1. The third-order valence-electron chi connectivity index (χ3n) is 2.60. The van der Waals surface area contributed by atoms with Crippen LogP contribution in [-0.2, 0) is 0 Å². The zero-order valence-corrected chi connectivity index (χ0v) is 9.60. The molecule has 3 nitrogen and oxygen atoms in total. The predicted octanol–water partition coefficient (Wildman–Crippen LogP) is 2.27. The summed E-state index contributed by atoms with van der Waals surface area (Å²) in [5, 5.41) is 1.16. The van der Waals surface area contributed by atoms with Crippen molar-refractivity contribution in [1.29, 1.82) is 0 Å². The monoisotopic (exact) mass is 216 g/mol. The molecule has 2 aromatic rings. The van der Waals surface area contributed by atoms with Crippen LogP contribution in [0.1, 0.15) is 12.5 Å². The molecule has 0 amide bonds. The lowest BCUT2D eigenvalue weighted by atomic mass is 10.1. The lowest BCUT2D eigenvalue weighted by Crippen LogP contribution is -2.22. The second kappa shape index (κ2) is 4.49. The van der Waals surface area contributed by atoms with Crippen molar-refractivity contribution in [2.45, 2.75) is 20.0 Å². The van der Waals surface area contributed by atoms with Gasteiger partial charge < -0.3 is 10.5 Å². The molecule has 0 radical (unpaired) electrons. The molecule has 0 saturated carbocycles. The minimum absolute atomic E-state index is 0.0299. The average Bonchev–Trinajstić information content (AvgIpc) is 2.29. The highest BCUT2D eigenvalue weighted by Gasteiger charge is 2.03. The molecule has 0 aliphatic heterocycles. The fourth-order valence-electron chi connectivity index (χ4n) is 1.62. The van der Waals surface area contributed by atoms with Crippen molar-refractivity contribution >= 4 is 10.9 Å². The van der Waals surface area contributed by atoms with Crippen molar-refractivity contribution < 1.29 is 4.74 Å². The average molecular weight is 216 g/mol. The molecule has 1 heterocycles. The number of nitrogens with zero attached hydrogens (tertiary/aromatic N) is 1. The van der Waals surface area contributed by atoms with Gasteiger partial charge >= 0.3 is 0 Å². The lowest BCUT2D eigenvalue weighted by molar-refractivity contribution is 0.230. The summed E-state index contributed by atoms with van der Waals surface area (Å²) >= 11 is 0. The van der Waals surface area contributed by atoms with E-state index in [0.29, 0.717) is 6.54 Å². The van der Waals surface area contributed by atoms with Gasteiger partial charge in [-0.15, -0.1) is 0 Å². The van der Waals surface area contributed by atoms with Crippen LogP contribution in [0.5, 0.6) is 5.75 Å². The standard InChI is InChI=1S/C13H16N2O/c1-9-5-6-15-13-7-11(3-4-12(9)13)16-10(2)8-14/h3-7,10H,8,14H2,1-2H3. The van der Waals surface area contributed by atoms with E-state index < -0.39 is 0 Å². The van der Waals surface area contributed by atoms with Gasteiger partial charge in [0.05, 0.1) is 5.52 Å². The molecule has 84 valence electrons. The zero-order chi connectivity index (χ0) is 11.5. The highest BCUT2D eigenvalue weighted by Crippen LogP contribution is 2.22. The number of aryl methyl sites for hydroxylation is 1. The Kier molecular flexibility index (Phi) is 3.06. The molecule has 0 aliphatic carbocycles. The van der Waals surface area contributed by atoms with Crippen LogP contribution in [0.2, 0.25) is 0 Å². The normalized spacial score (nSPS) is 12.7. The second-order valence-corrected chi connectivity index (χ2v) is 3.97. The van der Waals surface area contributed by atoms with E-state index in [2.05, 4.69) is 11.9 Å². The SMILES string of the molecule is Cc1ccnc2cc(OC(C)CN)ccc12. The maximum atomic E-state index is 5.65. The Labute approximate surface area is 95.2 Å². The van der Waals surface area contributed by atoms with Crippen LogP contribution in [0, 0.1) is 6.92 Å². The first-order valence-electron chi connectivity index (χ1n) is 5.43. The Morgan fingerprint density at radius 3 is 2.94 bits per heavy atom. The van der Waals surface area contributed by atoms with E-state index in [1.54, 1.807) is 0 Å². The van der Waals surface area contributed by atoms with Gasteiger partial charge in [-0.2, -0.15) is 0 Å². The van der Waals surface area contributed by atoms with Crippen molar-refractivity contribution in [3.05, 3.63) is 36.0 Å². The van der Waals surface area contributed by atoms with Crippen LogP contribution in [0.3, 0.4) is 0 Å². The van der Waals surface area contributed by atoms with Gasteiger partial charge in [0.15, 0.2) is 0 Å². The van der Waals surface area contributed by atoms with Gasteiger partial charge in [-0.25, -0.2) is 0 Å². The number of pyridine rings is 1. The summed E-state index contributed by atoms with van der Waals surface area (Å²) in [6.45, 7) is 4.54. The van der Waals surface area contributed by atoms with Gasteiger partial charge in [0.2, 0.25) is 0 Å². The first-order valence-corrected chi connectivity index (χ1v) is 5.43. The van der Waals surface area contributed by atoms with E-state index in [1.165, 1.54) is 5.56 Å². The first kappa shape index (κ1) is 10.9. The number of benzene rings is 1. The quantitative estimate of drug-likeness (QED) is 0.856. The van der Waals surface area contributed by atoms with E-state index >= 15 is 0 Å². The molecular weight excluding hydrogens is 200 g/mol. The Morgan fingerprint density at radius 1 is 1.38 bits per heavy atom. The summed E-state index contributed by atoms with van der Waals surface area (Å²) < 4.78 is 5.65. The van der Waals surface area contributed by atoms with E-state index in [0.717, 1.165) is 16.7 Å². The summed E-state index contributed by atoms with van der Waals surface area (Å²) in [5.41, 5.74) is 7.70. The molecule has 0 aliphatic rings. The van der Waals surface area contributed by atoms with Crippen LogP contribution in [-0.4, -0.2) is 17.6 Å². The highest BCUT2D eigenvalue weighted by molar-refractivity contribution is 5.82. The molecule has 1 aromatic heterocycles. The predicted molar refractivity (Wildman–Crippen MR) is 65.6 cm³/mol. The summed E-state index contributed by atoms with van der Waals surface area (Å²) in [6, 6.07) is 7.96. The minimum atomic E-state index is 0.0299. The number of aromatic nitrogens is 1. The zero-order valence-electron chi connectivity index (χ0n) is 9.60. The minimum Gasteiger partial charge on any atom is -0.489 e. The molecule has 0 saturated heterocycles. The lowest BCUT2D eigenvalue weighted by Gasteiger charge is -2.12. The largest absolute Gasteiger partial charge is 0.489 e. The van der Waals surface area contributed by atoms with Crippen molar-refractivity contribution in [1.82, 2.24) is 4.98 Å². The first-order chi connectivity index (χ1) is 7.70. The summed E-state index contributed by atoms with van der Waals surface area (Å²) in [4.78, 5) is 4.32. The highest BCUT2D eigenvalue weighted by atomic mass is 16.5. The topological polar surface area (TPSA) is 48.1 Å². The maximum Gasteiger partial charge on any atom is 0.121 e. The Bertz CT molecular complexity index is 496. The number of hydrogen-bond acceptors (Lipinski definition) is 3. The molecule has 2 N–H and O–H groups in total. The van der Waals surface area contributed by atoms with E-state index in [-0.39, 0.29) is 6.10 Å². The number of fused-ring (bicyclic) bond motifs is 1. The fourth-order valence-corrected chi connectivity index (χ4v) is 1.62. The van der Waals surface area contributed by atoms with E-state index in [4.69, 9.17) is 10.5 Å². The van der Waals surface area contributed by atoms with E-state index in [1.807, 2.05) is 37.4 Å². The summed E-state index contributed by atoms with van der Waals surface area (Å²) in [5.74, 6) is 0.823. The molecule has 0 fully saturated rings. The van der Waals surface area contributed by atoms with Crippen LogP contribution >= 0.6 is 0 Å². The van der Waals surface area contributed by atoms with Crippen molar-refractivity contribution in [2.75, 3.05) is 6.54 Å². The summed E-state index contributed by atoms with van der Waals surface area (Å²) in [6.07, 6.45) is 1.84. The molecule has 16 heavy (non-hydrogen) atoms. The van der Waals surface area contributed by atoms with Crippen LogP contribution in [0.25, 0.3) is 10.9 Å². The van der Waals surface area contributed by atoms with Gasteiger partial charge in [-0.3, -0.25) is 4.98 Å². The van der Waals surface area contributed by atoms with Gasteiger partial charge in [0.1, 0.15) is 11.9 Å². The Balaban J connectivity index is 2.37. The van der Waals surface area contributed by atoms with Gasteiger partial charge in [0, 0.05) is 24.2 Å². The second-order valence-electron chi connectivity index (χ2n) is 3.97. The van der Waals surface area contributed by atoms with Gasteiger partial charge in [0.25, 0.3) is 0 Å². The molecule has 1 aromatic carbocycles. The van der Waals surface area contributed by atoms with Gasteiger partial charge in [-0.1, -0.05) is 0 Å². The summed E-state index contributed by atoms with van der Waals surface area (Å²) in [7, 11) is 0. The molecule has 0 bridgehead atoms.